The summed E-state index contributed by atoms with van der Waals surface area (Å²) in [6.45, 7) is 3.92. The molecule has 1 N–H and O–H groups in total. The number of halogens is 2. The number of carbonyl (C=O) groups excluding carboxylic acids is 1. The standard InChI is InChI=1S/C25H26Cl2N2O3S/c1-18(2)20-8-11-22(12-9-20)28-25(30)17-29(15-14-19-6-4-3-5-7-19)33(31,32)24-16-21(26)10-13-23(24)27/h3-13,16,18H,14-15,17H2,1-2H3,(H,28,30). The molecule has 1 amide bonds. The lowest BCUT2D eigenvalue weighted by Gasteiger charge is -2.22. The number of hydrogen-bond donors (Lipinski definition) is 1. The van der Waals surface area contributed by atoms with Crippen LogP contribution in [0.4, 0.5) is 5.69 Å². The van der Waals surface area contributed by atoms with Crippen molar-refractivity contribution < 1.29 is 13.2 Å². The molecule has 0 aliphatic rings. The van der Waals surface area contributed by atoms with Gasteiger partial charge in [-0.1, -0.05) is 79.5 Å². The first-order chi connectivity index (χ1) is 15.7. The molecule has 0 radical (unpaired) electrons. The molecule has 0 aliphatic heterocycles. The molecule has 3 aromatic rings. The van der Waals surface area contributed by atoms with E-state index in [1.807, 2.05) is 54.6 Å². The van der Waals surface area contributed by atoms with Crippen LogP contribution in [-0.2, 0) is 21.2 Å². The van der Waals surface area contributed by atoms with Crippen LogP contribution in [0.25, 0.3) is 0 Å². The lowest BCUT2D eigenvalue weighted by atomic mass is 10.0. The fourth-order valence-corrected chi connectivity index (χ4v) is 5.44. The van der Waals surface area contributed by atoms with E-state index < -0.39 is 15.9 Å². The van der Waals surface area contributed by atoms with Crippen LogP contribution in [0.5, 0.6) is 0 Å². The third-order valence-electron chi connectivity index (χ3n) is 5.18. The highest BCUT2D eigenvalue weighted by Crippen LogP contribution is 2.28. The van der Waals surface area contributed by atoms with Gasteiger partial charge in [0.15, 0.2) is 0 Å². The topological polar surface area (TPSA) is 66.5 Å². The lowest BCUT2D eigenvalue weighted by Crippen LogP contribution is -2.39. The molecule has 5 nitrogen and oxygen atoms in total. The number of hydrogen-bond acceptors (Lipinski definition) is 3. The summed E-state index contributed by atoms with van der Waals surface area (Å²) >= 11 is 12.2. The minimum absolute atomic E-state index is 0.0498. The Labute approximate surface area is 205 Å². The summed E-state index contributed by atoms with van der Waals surface area (Å²) in [5, 5.41) is 3.08. The highest BCUT2D eigenvalue weighted by molar-refractivity contribution is 7.89. The summed E-state index contributed by atoms with van der Waals surface area (Å²) in [6.07, 6.45) is 0.439. The van der Waals surface area contributed by atoms with E-state index in [0.717, 1.165) is 15.4 Å². The summed E-state index contributed by atoms with van der Waals surface area (Å²) in [7, 11) is -4.07. The number of nitrogens with zero attached hydrogens (tertiary/aromatic N) is 1. The maximum absolute atomic E-state index is 13.4. The van der Waals surface area contributed by atoms with Crippen molar-refractivity contribution in [3.05, 3.63) is 94.0 Å². The van der Waals surface area contributed by atoms with Crippen molar-refractivity contribution in [2.24, 2.45) is 0 Å². The van der Waals surface area contributed by atoms with E-state index in [1.165, 1.54) is 18.2 Å². The van der Waals surface area contributed by atoms with Crippen LogP contribution in [0.1, 0.15) is 30.9 Å². The molecule has 0 aliphatic carbocycles. The molecule has 3 rings (SSSR count). The van der Waals surface area contributed by atoms with Gasteiger partial charge in [0.1, 0.15) is 4.90 Å². The Bertz CT molecular complexity index is 1200. The number of rotatable bonds is 9. The Balaban J connectivity index is 1.83. The summed E-state index contributed by atoms with van der Waals surface area (Å²) in [5.41, 5.74) is 2.71. The van der Waals surface area contributed by atoms with E-state index in [-0.39, 0.29) is 28.0 Å². The van der Waals surface area contributed by atoms with Gasteiger partial charge in [0.25, 0.3) is 0 Å². The lowest BCUT2D eigenvalue weighted by molar-refractivity contribution is -0.116. The fourth-order valence-electron chi connectivity index (χ4n) is 3.31. The van der Waals surface area contributed by atoms with Crippen LogP contribution in [0, 0.1) is 0 Å². The molecule has 3 aromatic carbocycles. The second-order valence-electron chi connectivity index (χ2n) is 7.97. The van der Waals surface area contributed by atoms with E-state index in [9.17, 15) is 13.2 Å². The van der Waals surface area contributed by atoms with Crippen LogP contribution in [0.3, 0.4) is 0 Å². The molecule has 0 unspecified atom stereocenters. The van der Waals surface area contributed by atoms with Crippen molar-refractivity contribution in [2.45, 2.75) is 31.1 Å². The minimum Gasteiger partial charge on any atom is -0.325 e. The van der Waals surface area contributed by atoms with Gasteiger partial charge in [0, 0.05) is 17.3 Å². The molecule has 33 heavy (non-hydrogen) atoms. The fraction of sp³-hybridized carbons (Fsp3) is 0.240. The van der Waals surface area contributed by atoms with Crippen molar-refractivity contribution in [2.75, 3.05) is 18.4 Å². The highest BCUT2D eigenvalue weighted by atomic mass is 35.5. The van der Waals surface area contributed by atoms with Gasteiger partial charge < -0.3 is 5.32 Å². The Morgan fingerprint density at radius 3 is 2.27 bits per heavy atom. The van der Waals surface area contributed by atoms with Gasteiger partial charge in [-0.3, -0.25) is 4.79 Å². The van der Waals surface area contributed by atoms with E-state index in [1.54, 1.807) is 0 Å². The first kappa shape index (κ1) is 25.2. The molecular formula is C25H26Cl2N2O3S. The average molecular weight is 505 g/mol. The van der Waals surface area contributed by atoms with Gasteiger partial charge in [-0.2, -0.15) is 4.31 Å². The molecule has 0 heterocycles. The first-order valence-electron chi connectivity index (χ1n) is 10.6. The average Bonchev–Trinajstić information content (AvgIpc) is 2.79. The largest absolute Gasteiger partial charge is 0.325 e. The second kappa shape index (κ2) is 11.2. The summed E-state index contributed by atoms with van der Waals surface area (Å²) < 4.78 is 28.0. The van der Waals surface area contributed by atoms with E-state index >= 15 is 0 Å². The van der Waals surface area contributed by atoms with Gasteiger partial charge in [0.05, 0.1) is 11.6 Å². The number of anilines is 1. The number of carbonyl (C=O) groups is 1. The third-order valence-corrected chi connectivity index (χ3v) is 7.75. The summed E-state index contributed by atoms with van der Waals surface area (Å²) in [6, 6.07) is 21.2. The van der Waals surface area contributed by atoms with Crippen LogP contribution >= 0.6 is 23.2 Å². The Morgan fingerprint density at radius 1 is 0.970 bits per heavy atom. The third kappa shape index (κ3) is 6.81. The Kier molecular flexibility index (Phi) is 8.54. The number of nitrogens with one attached hydrogen (secondary N) is 1. The van der Waals surface area contributed by atoms with Crippen LogP contribution in [0.2, 0.25) is 10.0 Å². The zero-order valence-corrected chi connectivity index (χ0v) is 20.8. The maximum Gasteiger partial charge on any atom is 0.245 e. The van der Waals surface area contributed by atoms with E-state index in [4.69, 9.17) is 23.2 Å². The van der Waals surface area contributed by atoms with Crippen molar-refractivity contribution in [3.8, 4) is 0 Å². The quantitative estimate of drug-likeness (QED) is 0.389. The zero-order chi connectivity index (χ0) is 24.0. The predicted molar refractivity (Wildman–Crippen MR) is 135 cm³/mol. The van der Waals surface area contributed by atoms with Gasteiger partial charge in [-0.05, 0) is 53.8 Å². The number of amides is 1. The summed E-state index contributed by atoms with van der Waals surface area (Å²) in [5.74, 6) is -0.0714. The Hall–Kier alpha value is -2.38. The molecule has 0 saturated heterocycles. The highest BCUT2D eigenvalue weighted by Gasteiger charge is 2.29. The molecule has 8 heteroatoms. The van der Waals surface area contributed by atoms with Crippen LogP contribution in [0.15, 0.2) is 77.7 Å². The number of sulfonamides is 1. The van der Waals surface area contributed by atoms with Crippen LogP contribution in [-0.4, -0.2) is 31.7 Å². The molecule has 0 atom stereocenters. The molecular weight excluding hydrogens is 479 g/mol. The van der Waals surface area contributed by atoms with E-state index in [0.29, 0.717) is 18.0 Å². The van der Waals surface area contributed by atoms with Gasteiger partial charge in [-0.15, -0.1) is 0 Å². The molecule has 0 fully saturated rings. The number of benzene rings is 3. The SMILES string of the molecule is CC(C)c1ccc(NC(=O)CN(CCc2ccccc2)S(=O)(=O)c2cc(Cl)ccc2Cl)cc1. The zero-order valence-electron chi connectivity index (χ0n) is 18.5. The van der Waals surface area contributed by atoms with Crippen LogP contribution < -0.4 is 5.32 Å². The molecule has 0 saturated carbocycles. The van der Waals surface area contributed by atoms with Gasteiger partial charge in [-0.25, -0.2) is 8.42 Å². The Morgan fingerprint density at radius 2 is 1.64 bits per heavy atom. The second-order valence-corrected chi connectivity index (χ2v) is 10.7. The van der Waals surface area contributed by atoms with Crippen molar-refractivity contribution in [1.29, 1.82) is 0 Å². The summed E-state index contributed by atoms with van der Waals surface area (Å²) in [4.78, 5) is 12.7. The molecule has 0 aromatic heterocycles. The van der Waals surface area contributed by atoms with Crippen molar-refractivity contribution >= 4 is 44.8 Å². The van der Waals surface area contributed by atoms with E-state index in [2.05, 4.69) is 19.2 Å². The van der Waals surface area contributed by atoms with Gasteiger partial charge >= 0.3 is 0 Å². The smallest absolute Gasteiger partial charge is 0.245 e. The predicted octanol–water partition coefficient (Wildman–Crippen LogP) is 5.99. The maximum atomic E-state index is 13.4. The van der Waals surface area contributed by atoms with Crippen molar-refractivity contribution in [1.82, 2.24) is 4.31 Å². The first-order valence-corrected chi connectivity index (χ1v) is 12.8. The molecule has 174 valence electrons. The normalized spacial score (nSPS) is 11.7. The molecule has 0 bridgehead atoms. The van der Waals surface area contributed by atoms with Crippen molar-refractivity contribution in [3.63, 3.8) is 0 Å². The molecule has 0 spiro atoms. The monoisotopic (exact) mass is 504 g/mol. The minimum atomic E-state index is -4.07. The van der Waals surface area contributed by atoms with Gasteiger partial charge in [0.2, 0.25) is 15.9 Å².